The molecule has 0 saturated carbocycles. The molecule has 1 aromatic carbocycles. The van der Waals surface area contributed by atoms with Crippen molar-refractivity contribution in [1.29, 1.82) is 0 Å². The van der Waals surface area contributed by atoms with E-state index in [1.807, 2.05) is 30.0 Å². The van der Waals surface area contributed by atoms with Crippen molar-refractivity contribution < 1.29 is 19.0 Å². The van der Waals surface area contributed by atoms with Gasteiger partial charge in [0, 0.05) is 6.54 Å². The van der Waals surface area contributed by atoms with Crippen LogP contribution < -0.4 is 9.47 Å². The van der Waals surface area contributed by atoms with E-state index in [1.54, 1.807) is 14.2 Å². The van der Waals surface area contributed by atoms with E-state index in [0.29, 0.717) is 31.3 Å². The maximum Gasteiger partial charge on any atom is 0.230 e. The molecular weight excluding hydrogens is 294 g/mol. The lowest BCUT2D eigenvalue weighted by atomic mass is 9.86. The van der Waals surface area contributed by atoms with E-state index >= 15 is 0 Å². The van der Waals surface area contributed by atoms with Crippen molar-refractivity contribution in [1.82, 2.24) is 4.90 Å². The fraction of sp³-hybridized carbons (Fsp3) is 0.611. The third-order valence-corrected chi connectivity index (χ3v) is 4.35. The molecular formula is C18H27NO4. The summed E-state index contributed by atoms with van der Waals surface area (Å²) in [6.45, 7) is 8.03. The zero-order valence-corrected chi connectivity index (χ0v) is 14.7. The summed E-state index contributed by atoms with van der Waals surface area (Å²) in [5, 5.41) is 0. The van der Waals surface area contributed by atoms with Gasteiger partial charge < -0.3 is 19.1 Å². The van der Waals surface area contributed by atoms with Gasteiger partial charge in [-0.2, -0.15) is 0 Å². The SMILES string of the molecule is COc1ccc(C(C(=O)N2CCOCC2C)C(C)C)cc1OC. The second-order valence-electron chi connectivity index (χ2n) is 6.29. The van der Waals surface area contributed by atoms with Crippen LogP contribution in [0.5, 0.6) is 11.5 Å². The van der Waals surface area contributed by atoms with Crippen molar-refractivity contribution >= 4 is 5.91 Å². The van der Waals surface area contributed by atoms with Crippen molar-refractivity contribution in [3.8, 4) is 11.5 Å². The summed E-state index contributed by atoms with van der Waals surface area (Å²) in [6, 6.07) is 5.83. The van der Waals surface area contributed by atoms with Crippen LogP contribution in [0.15, 0.2) is 18.2 Å². The number of hydrogen-bond donors (Lipinski definition) is 0. The molecule has 1 aliphatic rings. The van der Waals surface area contributed by atoms with Gasteiger partial charge in [0.05, 0.1) is 39.4 Å². The molecule has 1 fully saturated rings. The summed E-state index contributed by atoms with van der Waals surface area (Å²) < 4.78 is 16.1. The average molecular weight is 321 g/mol. The fourth-order valence-electron chi connectivity index (χ4n) is 3.09. The molecule has 2 rings (SSSR count). The standard InChI is InChI=1S/C18H27NO4/c1-12(2)17(18(20)19-8-9-23-11-13(19)3)14-6-7-15(21-4)16(10-14)22-5/h6-7,10,12-13,17H,8-9,11H2,1-5H3. The van der Waals surface area contributed by atoms with Crippen LogP contribution in [0.2, 0.25) is 0 Å². The summed E-state index contributed by atoms with van der Waals surface area (Å²) in [6.07, 6.45) is 0. The third-order valence-electron chi connectivity index (χ3n) is 4.35. The number of nitrogens with zero attached hydrogens (tertiary/aromatic N) is 1. The van der Waals surface area contributed by atoms with Crippen LogP contribution in [0, 0.1) is 5.92 Å². The Morgan fingerprint density at radius 3 is 2.52 bits per heavy atom. The number of methoxy groups -OCH3 is 2. The second-order valence-corrected chi connectivity index (χ2v) is 6.29. The Morgan fingerprint density at radius 2 is 1.96 bits per heavy atom. The normalized spacial score (nSPS) is 19.6. The van der Waals surface area contributed by atoms with Crippen LogP contribution >= 0.6 is 0 Å². The van der Waals surface area contributed by atoms with E-state index < -0.39 is 0 Å². The van der Waals surface area contributed by atoms with Crippen LogP contribution in [0.3, 0.4) is 0 Å². The van der Waals surface area contributed by atoms with Crippen LogP contribution in [0.25, 0.3) is 0 Å². The van der Waals surface area contributed by atoms with Crippen molar-refractivity contribution in [2.24, 2.45) is 5.92 Å². The van der Waals surface area contributed by atoms with Crippen molar-refractivity contribution in [3.05, 3.63) is 23.8 Å². The molecule has 2 atom stereocenters. The first-order valence-corrected chi connectivity index (χ1v) is 8.09. The Bertz CT molecular complexity index is 544. The lowest BCUT2D eigenvalue weighted by molar-refractivity contribution is -0.141. The molecule has 0 aliphatic carbocycles. The minimum atomic E-state index is -0.199. The van der Waals surface area contributed by atoms with E-state index in [9.17, 15) is 4.79 Å². The topological polar surface area (TPSA) is 48.0 Å². The Balaban J connectivity index is 2.32. The van der Waals surface area contributed by atoms with Gasteiger partial charge in [0.25, 0.3) is 0 Å². The van der Waals surface area contributed by atoms with E-state index in [4.69, 9.17) is 14.2 Å². The minimum absolute atomic E-state index is 0.109. The molecule has 0 N–H and O–H groups in total. The number of amides is 1. The molecule has 0 bridgehead atoms. The van der Waals surface area contributed by atoms with Gasteiger partial charge in [-0.3, -0.25) is 4.79 Å². The quantitative estimate of drug-likeness (QED) is 0.836. The Hall–Kier alpha value is -1.75. The smallest absolute Gasteiger partial charge is 0.230 e. The van der Waals surface area contributed by atoms with Crippen molar-refractivity contribution in [2.75, 3.05) is 34.0 Å². The Labute approximate surface area is 138 Å². The van der Waals surface area contributed by atoms with Gasteiger partial charge >= 0.3 is 0 Å². The summed E-state index contributed by atoms with van der Waals surface area (Å²) >= 11 is 0. The van der Waals surface area contributed by atoms with Crippen LogP contribution in [0.4, 0.5) is 0 Å². The maximum absolute atomic E-state index is 13.1. The van der Waals surface area contributed by atoms with Gasteiger partial charge in [-0.15, -0.1) is 0 Å². The molecule has 1 heterocycles. The molecule has 1 saturated heterocycles. The van der Waals surface area contributed by atoms with Gasteiger partial charge in [0.15, 0.2) is 11.5 Å². The first kappa shape index (κ1) is 17.6. The monoisotopic (exact) mass is 321 g/mol. The number of hydrogen-bond acceptors (Lipinski definition) is 4. The fourth-order valence-corrected chi connectivity index (χ4v) is 3.09. The van der Waals surface area contributed by atoms with Gasteiger partial charge in [0.1, 0.15) is 0 Å². The number of rotatable bonds is 5. The van der Waals surface area contributed by atoms with Crippen molar-refractivity contribution in [3.63, 3.8) is 0 Å². The molecule has 5 nitrogen and oxygen atoms in total. The molecule has 0 spiro atoms. The molecule has 23 heavy (non-hydrogen) atoms. The van der Waals surface area contributed by atoms with Gasteiger partial charge in [0.2, 0.25) is 5.91 Å². The van der Waals surface area contributed by atoms with Crippen LogP contribution in [-0.2, 0) is 9.53 Å². The Kier molecular flexibility index (Phi) is 5.88. The molecule has 1 aliphatic heterocycles. The van der Waals surface area contributed by atoms with Gasteiger partial charge in [-0.25, -0.2) is 0 Å². The zero-order chi connectivity index (χ0) is 17.0. The Morgan fingerprint density at radius 1 is 1.26 bits per heavy atom. The molecule has 0 radical (unpaired) electrons. The number of ether oxygens (including phenoxy) is 3. The van der Waals surface area contributed by atoms with Crippen LogP contribution in [0.1, 0.15) is 32.3 Å². The molecule has 2 unspecified atom stereocenters. The van der Waals surface area contributed by atoms with E-state index in [1.165, 1.54) is 0 Å². The first-order valence-electron chi connectivity index (χ1n) is 8.09. The highest BCUT2D eigenvalue weighted by atomic mass is 16.5. The first-order chi connectivity index (χ1) is 11.0. The third kappa shape index (κ3) is 3.78. The summed E-state index contributed by atoms with van der Waals surface area (Å²) in [7, 11) is 3.22. The average Bonchev–Trinajstić information content (AvgIpc) is 2.54. The van der Waals surface area contributed by atoms with E-state index in [-0.39, 0.29) is 23.8 Å². The lowest BCUT2D eigenvalue weighted by Crippen LogP contribution is -2.49. The molecule has 128 valence electrons. The second kappa shape index (κ2) is 7.68. The van der Waals surface area contributed by atoms with Gasteiger partial charge in [-0.1, -0.05) is 19.9 Å². The molecule has 0 aromatic heterocycles. The number of carbonyl (C=O) groups excluding carboxylic acids is 1. The predicted octanol–water partition coefficient (Wildman–Crippen LogP) is 2.69. The minimum Gasteiger partial charge on any atom is -0.493 e. The highest BCUT2D eigenvalue weighted by Gasteiger charge is 2.33. The summed E-state index contributed by atoms with van der Waals surface area (Å²) in [4.78, 5) is 15.0. The molecule has 1 aromatic rings. The largest absolute Gasteiger partial charge is 0.493 e. The number of carbonyl (C=O) groups is 1. The van der Waals surface area contributed by atoms with Gasteiger partial charge in [-0.05, 0) is 30.5 Å². The lowest BCUT2D eigenvalue weighted by Gasteiger charge is -2.37. The van der Waals surface area contributed by atoms with E-state index in [0.717, 1.165) is 5.56 Å². The summed E-state index contributed by atoms with van der Waals surface area (Å²) in [5.74, 6) is 1.47. The maximum atomic E-state index is 13.1. The number of morpholine rings is 1. The highest BCUT2D eigenvalue weighted by Crippen LogP contribution is 2.34. The predicted molar refractivity (Wildman–Crippen MR) is 89.1 cm³/mol. The summed E-state index contributed by atoms with van der Waals surface area (Å²) in [5.41, 5.74) is 0.960. The zero-order valence-electron chi connectivity index (χ0n) is 14.7. The molecule has 1 amide bonds. The van der Waals surface area contributed by atoms with Crippen molar-refractivity contribution in [2.45, 2.75) is 32.7 Å². The molecule has 5 heteroatoms. The van der Waals surface area contributed by atoms with Crippen LogP contribution in [-0.4, -0.2) is 50.8 Å². The highest BCUT2D eigenvalue weighted by molar-refractivity contribution is 5.84. The van der Waals surface area contributed by atoms with E-state index in [2.05, 4.69) is 13.8 Å². The number of benzene rings is 1.